The summed E-state index contributed by atoms with van der Waals surface area (Å²) in [5.41, 5.74) is 14.6. The highest BCUT2D eigenvalue weighted by molar-refractivity contribution is 6.14. The monoisotopic (exact) mass is 702 g/mol. The first kappa shape index (κ1) is 31.6. The molecule has 0 fully saturated rings. The molecule has 1 aromatic heterocycles. The van der Waals surface area contributed by atoms with Gasteiger partial charge in [-0.05, 0) is 122 Å². The Kier molecular flexibility index (Phi) is 6.93. The van der Waals surface area contributed by atoms with Crippen LogP contribution in [0.15, 0.2) is 194 Å². The summed E-state index contributed by atoms with van der Waals surface area (Å²) in [6.45, 7) is 4.78. The average Bonchev–Trinajstić information content (AvgIpc) is 3.68. The maximum absolute atomic E-state index is 2.44. The molecule has 0 amide bonds. The van der Waals surface area contributed by atoms with E-state index in [4.69, 9.17) is 0 Å². The quantitative estimate of drug-likeness (QED) is 0.173. The molecule has 0 spiro atoms. The van der Waals surface area contributed by atoms with E-state index in [9.17, 15) is 0 Å². The lowest BCUT2D eigenvalue weighted by Crippen LogP contribution is -2.17. The summed E-state index contributed by atoms with van der Waals surface area (Å²) in [5.74, 6) is 0. The topological polar surface area (TPSA) is 8.17 Å². The van der Waals surface area contributed by atoms with Gasteiger partial charge in [-0.3, -0.25) is 0 Å². The molecule has 0 atom stereocenters. The lowest BCUT2D eigenvalue weighted by molar-refractivity contribution is 0.666. The number of fused-ring (bicyclic) bond motifs is 9. The van der Waals surface area contributed by atoms with Gasteiger partial charge in [0.25, 0.3) is 0 Å². The van der Waals surface area contributed by atoms with Crippen LogP contribution in [0.3, 0.4) is 0 Å². The lowest BCUT2D eigenvalue weighted by Gasteiger charge is -2.28. The molecule has 0 aliphatic heterocycles. The first-order valence-corrected chi connectivity index (χ1v) is 19.2. The fraction of sp³-hybridized carbons (Fsp3) is 0.0566. The summed E-state index contributed by atoms with van der Waals surface area (Å²) in [7, 11) is 0. The van der Waals surface area contributed by atoms with Crippen LogP contribution in [0.2, 0.25) is 0 Å². The van der Waals surface area contributed by atoms with Gasteiger partial charge in [-0.15, -0.1) is 0 Å². The number of aromatic nitrogens is 1. The van der Waals surface area contributed by atoms with Crippen molar-refractivity contribution in [1.29, 1.82) is 0 Å². The van der Waals surface area contributed by atoms with Crippen molar-refractivity contribution >= 4 is 60.4 Å². The Morgan fingerprint density at radius 2 is 0.982 bits per heavy atom. The van der Waals surface area contributed by atoms with Crippen LogP contribution in [-0.2, 0) is 5.41 Å². The molecule has 2 nitrogen and oxygen atoms in total. The van der Waals surface area contributed by atoms with Crippen molar-refractivity contribution in [3.05, 3.63) is 205 Å². The number of benzene rings is 9. The predicted octanol–water partition coefficient (Wildman–Crippen LogP) is 14.5. The molecule has 260 valence electrons. The van der Waals surface area contributed by atoms with Gasteiger partial charge in [0, 0.05) is 38.9 Å². The molecule has 1 aliphatic carbocycles. The minimum atomic E-state index is -0.168. The van der Waals surface area contributed by atoms with Gasteiger partial charge in [0.05, 0.1) is 11.0 Å². The minimum absolute atomic E-state index is 0.168. The Bertz CT molecular complexity index is 3100. The molecule has 0 radical (unpaired) electrons. The van der Waals surface area contributed by atoms with Gasteiger partial charge in [0.1, 0.15) is 0 Å². The van der Waals surface area contributed by atoms with E-state index in [0.29, 0.717) is 0 Å². The molecule has 0 unspecified atom stereocenters. The molecule has 2 heteroatoms. The number of anilines is 3. The summed E-state index contributed by atoms with van der Waals surface area (Å²) < 4.78 is 2.42. The summed E-state index contributed by atoms with van der Waals surface area (Å²) in [5, 5.41) is 7.59. The Morgan fingerprint density at radius 1 is 0.400 bits per heavy atom. The highest BCUT2D eigenvalue weighted by Crippen LogP contribution is 2.53. The van der Waals surface area contributed by atoms with Crippen LogP contribution >= 0.6 is 0 Å². The van der Waals surface area contributed by atoms with E-state index in [2.05, 4.69) is 217 Å². The van der Waals surface area contributed by atoms with E-state index < -0.39 is 0 Å². The molecular formula is C53H38N2. The molecule has 9 aromatic carbocycles. The van der Waals surface area contributed by atoms with E-state index >= 15 is 0 Å². The molecule has 1 heterocycles. The average molecular weight is 703 g/mol. The zero-order chi connectivity index (χ0) is 36.7. The van der Waals surface area contributed by atoms with E-state index in [1.807, 2.05) is 0 Å². The van der Waals surface area contributed by atoms with E-state index in [-0.39, 0.29) is 5.41 Å². The van der Waals surface area contributed by atoms with Crippen LogP contribution in [0, 0.1) is 0 Å². The van der Waals surface area contributed by atoms with E-state index in [0.717, 1.165) is 22.7 Å². The molecule has 0 N–H and O–H groups in total. The molecule has 1 aliphatic rings. The van der Waals surface area contributed by atoms with E-state index in [1.165, 1.54) is 76.7 Å². The second-order valence-electron chi connectivity index (χ2n) is 15.4. The number of hydrogen-bond donors (Lipinski definition) is 0. The van der Waals surface area contributed by atoms with Crippen molar-refractivity contribution in [3.63, 3.8) is 0 Å². The largest absolute Gasteiger partial charge is 0.310 e. The maximum atomic E-state index is 2.44. The lowest BCUT2D eigenvalue weighted by atomic mass is 9.80. The molecule has 0 saturated heterocycles. The smallest absolute Gasteiger partial charge is 0.0547 e. The highest BCUT2D eigenvalue weighted by atomic mass is 15.1. The minimum Gasteiger partial charge on any atom is -0.310 e. The third-order valence-electron chi connectivity index (χ3n) is 11.9. The molecule has 11 rings (SSSR count). The van der Waals surface area contributed by atoms with Crippen molar-refractivity contribution in [2.24, 2.45) is 0 Å². The van der Waals surface area contributed by atoms with Crippen LogP contribution in [-0.4, -0.2) is 4.57 Å². The fourth-order valence-electron chi connectivity index (χ4n) is 9.30. The van der Waals surface area contributed by atoms with Crippen LogP contribution in [0.25, 0.3) is 71.3 Å². The molecule has 10 aromatic rings. The van der Waals surface area contributed by atoms with Gasteiger partial charge in [0.15, 0.2) is 0 Å². The zero-order valence-electron chi connectivity index (χ0n) is 30.9. The Balaban J connectivity index is 1.13. The van der Waals surface area contributed by atoms with Gasteiger partial charge >= 0.3 is 0 Å². The summed E-state index contributed by atoms with van der Waals surface area (Å²) in [6.07, 6.45) is 0. The fourth-order valence-corrected chi connectivity index (χ4v) is 9.30. The predicted molar refractivity (Wildman–Crippen MR) is 233 cm³/mol. The molecule has 0 bridgehead atoms. The number of para-hydroxylation sites is 1. The Hall–Kier alpha value is -6.90. The van der Waals surface area contributed by atoms with Crippen molar-refractivity contribution in [2.75, 3.05) is 4.90 Å². The van der Waals surface area contributed by atoms with Crippen molar-refractivity contribution < 1.29 is 0 Å². The van der Waals surface area contributed by atoms with Crippen molar-refractivity contribution in [3.8, 4) is 27.9 Å². The Labute approximate surface area is 321 Å². The van der Waals surface area contributed by atoms with Crippen LogP contribution < -0.4 is 4.90 Å². The third-order valence-corrected chi connectivity index (χ3v) is 11.9. The van der Waals surface area contributed by atoms with Gasteiger partial charge in [-0.2, -0.15) is 0 Å². The van der Waals surface area contributed by atoms with Crippen LogP contribution in [0.4, 0.5) is 17.1 Å². The Morgan fingerprint density at radius 3 is 1.76 bits per heavy atom. The van der Waals surface area contributed by atoms with Gasteiger partial charge in [-0.25, -0.2) is 0 Å². The second kappa shape index (κ2) is 12.1. The third kappa shape index (κ3) is 4.88. The maximum Gasteiger partial charge on any atom is 0.0547 e. The normalized spacial score (nSPS) is 13.1. The first-order valence-electron chi connectivity index (χ1n) is 19.2. The number of rotatable bonds is 5. The number of hydrogen-bond acceptors (Lipinski definition) is 1. The van der Waals surface area contributed by atoms with Crippen LogP contribution in [0.1, 0.15) is 25.0 Å². The summed E-state index contributed by atoms with van der Waals surface area (Å²) in [4.78, 5) is 2.44. The highest BCUT2D eigenvalue weighted by Gasteiger charge is 2.37. The number of nitrogens with zero attached hydrogens (tertiary/aromatic N) is 2. The molecular weight excluding hydrogens is 665 g/mol. The van der Waals surface area contributed by atoms with Crippen LogP contribution in [0.5, 0.6) is 0 Å². The van der Waals surface area contributed by atoms with Gasteiger partial charge in [-0.1, -0.05) is 141 Å². The SMILES string of the molecule is CC1(C)c2cc(N(c3ccc(-c4ccccc4)cc3)c3ccc4c(c3)c3cc5ccccc5cc3n4-c3ccccc3)ccc2-c2ccc3ccccc3c21. The summed E-state index contributed by atoms with van der Waals surface area (Å²) >= 11 is 0. The van der Waals surface area contributed by atoms with E-state index in [1.54, 1.807) is 0 Å². The summed E-state index contributed by atoms with van der Waals surface area (Å²) in [6, 6.07) is 71.4. The molecule has 0 saturated carbocycles. The van der Waals surface area contributed by atoms with Gasteiger partial charge < -0.3 is 9.47 Å². The van der Waals surface area contributed by atoms with Gasteiger partial charge in [0.2, 0.25) is 0 Å². The molecule has 55 heavy (non-hydrogen) atoms. The van der Waals surface area contributed by atoms with Crippen molar-refractivity contribution in [1.82, 2.24) is 4.57 Å². The standard InChI is InChI=1S/C53H38N2/c1-53(2)49-34-43(26-29-45(49)46-28-23-37-15-11-12-20-44(37)52(46)53)54(41-24-21-36(22-25-41)35-13-5-3-6-14-35)42-27-30-50-48(33-42)47-31-38-16-9-10-17-39(38)32-51(47)55(50)40-18-7-4-8-19-40/h3-34H,1-2H3. The zero-order valence-corrected chi connectivity index (χ0v) is 30.9. The second-order valence-corrected chi connectivity index (χ2v) is 15.4. The first-order chi connectivity index (χ1) is 27.0. The van der Waals surface area contributed by atoms with Crippen molar-refractivity contribution in [2.45, 2.75) is 19.3 Å².